The zero-order chi connectivity index (χ0) is 18.7. The average Bonchev–Trinajstić information content (AvgIpc) is 3.24. The van der Waals surface area contributed by atoms with Crippen molar-refractivity contribution in [1.29, 1.82) is 0 Å². The molecular formula is C17H14N2O4S3. The van der Waals surface area contributed by atoms with Gasteiger partial charge in [0.1, 0.15) is 4.21 Å². The summed E-state index contributed by atoms with van der Waals surface area (Å²) in [6.07, 6.45) is 5.43. The van der Waals surface area contributed by atoms with Crippen LogP contribution in [-0.2, 0) is 21.3 Å². The molecule has 0 aliphatic carbocycles. The van der Waals surface area contributed by atoms with Crippen LogP contribution in [0, 0.1) is 12.3 Å². The second-order valence-corrected chi connectivity index (χ2v) is 8.86. The summed E-state index contributed by atoms with van der Waals surface area (Å²) in [5.74, 6) is 2.07. The average molecular weight is 407 g/mol. The molecule has 0 amide bonds. The van der Waals surface area contributed by atoms with E-state index in [0.29, 0.717) is 15.8 Å². The molecule has 0 aliphatic rings. The smallest absolute Gasteiger partial charge is 0.338 e. The lowest BCUT2D eigenvalue weighted by Crippen LogP contribution is -2.16. The fourth-order valence-electron chi connectivity index (χ4n) is 2.29. The number of carbonyl (C=O) groups is 1. The number of hydrogen-bond donors (Lipinski definition) is 0. The van der Waals surface area contributed by atoms with Crippen molar-refractivity contribution in [3.8, 4) is 12.3 Å². The molecule has 0 unspecified atom stereocenters. The van der Waals surface area contributed by atoms with Crippen LogP contribution in [0.2, 0.25) is 0 Å². The summed E-state index contributed by atoms with van der Waals surface area (Å²) in [5.41, 5.74) is 1.10. The minimum absolute atomic E-state index is 0.162. The van der Waals surface area contributed by atoms with E-state index in [4.69, 9.17) is 11.2 Å². The topological polar surface area (TPSA) is 77.7 Å². The number of thiophene rings is 1. The Morgan fingerprint density at radius 3 is 2.85 bits per heavy atom. The minimum atomic E-state index is -3.82. The Morgan fingerprint density at radius 2 is 2.19 bits per heavy atom. The Bertz CT molecular complexity index is 1160. The van der Waals surface area contributed by atoms with Crippen LogP contribution in [-0.4, -0.2) is 25.6 Å². The number of hydrogen-bond acceptors (Lipinski definition) is 6. The van der Waals surface area contributed by atoms with Crippen LogP contribution in [0.15, 0.2) is 44.3 Å². The molecular weight excluding hydrogens is 392 g/mol. The zero-order valence-corrected chi connectivity index (χ0v) is 16.2. The molecule has 0 radical (unpaired) electrons. The molecule has 0 saturated carbocycles. The van der Waals surface area contributed by atoms with Crippen LogP contribution >= 0.6 is 22.7 Å². The monoisotopic (exact) mass is 406 g/mol. The highest BCUT2D eigenvalue weighted by molar-refractivity contribution is 7.92. The molecule has 134 valence electrons. The second kappa shape index (κ2) is 7.45. The first-order valence-corrected chi connectivity index (χ1v) is 10.7. The highest BCUT2D eigenvalue weighted by atomic mass is 32.2. The fraction of sp³-hybridized carbons (Fsp3) is 0.176. The van der Waals surface area contributed by atoms with E-state index in [2.05, 4.69) is 10.3 Å². The quantitative estimate of drug-likeness (QED) is 0.482. The standard InChI is InChI=1S/C17H14N2O4S3/c1-3-9-19-13-8-7-12(16(20)23-4-2)11-14(13)25-17(19)18-26(21,22)15-6-5-10-24-15/h1,5-8,10-11H,4,9H2,2H3. The summed E-state index contributed by atoms with van der Waals surface area (Å²) in [5, 5.41) is 1.68. The lowest BCUT2D eigenvalue weighted by Gasteiger charge is -2.03. The van der Waals surface area contributed by atoms with Crippen molar-refractivity contribution in [2.24, 2.45) is 4.40 Å². The van der Waals surface area contributed by atoms with Gasteiger partial charge in [0.25, 0.3) is 10.0 Å². The van der Waals surface area contributed by atoms with E-state index in [1.807, 2.05) is 0 Å². The van der Waals surface area contributed by atoms with Gasteiger partial charge in [-0.2, -0.15) is 8.42 Å². The predicted molar refractivity (Wildman–Crippen MR) is 102 cm³/mol. The van der Waals surface area contributed by atoms with Crippen LogP contribution in [0.4, 0.5) is 0 Å². The van der Waals surface area contributed by atoms with E-state index >= 15 is 0 Å². The van der Waals surface area contributed by atoms with Gasteiger partial charge in [0.05, 0.1) is 28.9 Å². The molecule has 1 aromatic carbocycles. The third kappa shape index (κ3) is 3.58. The van der Waals surface area contributed by atoms with E-state index in [-0.39, 0.29) is 22.2 Å². The third-order valence-electron chi connectivity index (χ3n) is 3.39. The van der Waals surface area contributed by atoms with Crippen LogP contribution in [0.25, 0.3) is 10.2 Å². The zero-order valence-electron chi connectivity index (χ0n) is 13.7. The minimum Gasteiger partial charge on any atom is -0.462 e. The van der Waals surface area contributed by atoms with Crippen molar-refractivity contribution >= 4 is 48.9 Å². The first kappa shape index (κ1) is 18.4. The molecule has 9 heteroatoms. The summed E-state index contributed by atoms with van der Waals surface area (Å²) in [6.45, 7) is 2.17. The lowest BCUT2D eigenvalue weighted by molar-refractivity contribution is 0.0526. The number of benzene rings is 1. The third-order valence-corrected chi connectivity index (χ3v) is 7.19. The highest BCUT2D eigenvalue weighted by Gasteiger charge is 2.16. The van der Waals surface area contributed by atoms with E-state index in [1.54, 1.807) is 41.1 Å². The van der Waals surface area contributed by atoms with Gasteiger partial charge in [-0.1, -0.05) is 23.3 Å². The van der Waals surface area contributed by atoms with Crippen LogP contribution < -0.4 is 4.80 Å². The molecule has 0 N–H and O–H groups in total. The van der Waals surface area contributed by atoms with Gasteiger partial charge in [-0.3, -0.25) is 0 Å². The number of terminal acetylenes is 1. The van der Waals surface area contributed by atoms with Gasteiger partial charge in [0, 0.05) is 0 Å². The summed E-state index contributed by atoms with van der Waals surface area (Å²) in [4.78, 5) is 12.2. The van der Waals surface area contributed by atoms with Crippen molar-refractivity contribution in [3.63, 3.8) is 0 Å². The number of esters is 1. The summed E-state index contributed by atoms with van der Waals surface area (Å²) >= 11 is 2.26. The highest BCUT2D eigenvalue weighted by Crippen LogP contribution is 2.22. The number of fused-ring (bicyclic) bond motifs is 1. The van der Waals surface area contributed by atoms with Crippen LogP contribution in [0.1, 0.15) is 17.3 Å². The first-order chi connectivity index (χ1) is 12.5. The van der Waals surface area contributed by atoms with Gasteiger partial charge >= 0.3 is 5.97 Å². The number of sulfonamides is 1. The molecule has 6 nitrogen and oxygen atoms in total. The number of nitrogens with zero attached hydrogens (tertiary/aromatic N) is 2. The van der Waals surface area contributed by atoms with Crippen molar-refractivity contribution in [1.82, 2.24) is 4.57 Å². The van der Waals surface area contributed by atoms with Crippen molar-refractivity contribution in [2.45, 2.75) is 17.7 Å². The van der Waals surface area contributed by atoms with Gasteiger partial charge in [0.2, 0.25) is 4.80 Å². The van der Waals surface area contributed by atoms with Gasteiger partial charge in [0.15, 0.2) is 0 Å². The van der Waals surface area contributed by atoms with Crippen LogP contribution in [0.3, 0.4) is 0 Å². The maximum absolute atomic E-state index is 12.5. The predicted octanol–water partition coefficient (Wildman–Crippen LogP) is 2.86. The SMILES string of the molecule is C#CCn1c(=NS(=O)(=O)c2cccs2)sc2cc(C(=O)OCC)ccc21. The van der Waals surface area contributed by atoms with Crippen molar-refractivity contribution in [2.75, 3.05) is 6.61 Å². The Balaban J connectivity index is 2.19. The molecule has 3 aromatic rings. The molecule has 0 aliphatic heterocycles. The molecule has 3 rings (SSSR count). The maximum Gasteiger partial charge on any atom is 0.338 e. The van der Waals surface area contributed by atoms with E-state index in [9.17, 15) is 13.2 Å². The first-order valence-electron chi connectivity index (χ1n) is 7.54. The van der Waals surface area contributed by atoms with Gasteiger partial charge in [-0.25, -0.2) is 4.79 Å². The largest absolute Gasteiger partial charge is 0.462 e. The number of thiazole rings is 1. The summed E-state index contributed by atoms with van der Waals surface area (Å²) in [6, 6.07) is 8.14. The maximum atomic E-state index is 12.5. The van der Waals surface area contributed by atoms with Gasteiger partial charge < -0.3 is 9.30 Å². The second-order valence-electron chi connectivity index (χ2n) is 5.08. The lowest BCUT2D eigenvalue weighted by atomic mass is 10.2. The number of ether oxygens (including phenoxy) is 1. The normalized spacial score (nSPS) is 12.2. The molecule has 2 heterocycles. The van der Waals surface area contributed by atoms with Gasteiger partial charge in [-0.05, 0) is 36.6 Å². The fourth-order valence-corrected chi connectivity index (χ4v) is 5.53. The van der Waals surface area contributed by atoms with Gasteiger partial charge in [-0.15, -0.1) is 22.2 Å². The van der Waals surface area contributed by atoms with Crippen LogP contribution in [0.5, 0.6) is 0 Å². The molecule has 0 spiro atoms. The summed E-state index contributed by atoms with van der Waals surface area (Å²) < 4.78 is 36.4. The van der Waals surface area contributed by atoms with E-state index in [0.717, 1.165) is 22.7 Å². The van der Waals surface area contributed by atoms with E-state index < -0.39 is 16.0 Å². The molecule has 2 aromatic heterocycles. The Morgan fingerprint density at radius 1 is 1.38 bits per heavy atom. The molecule has 0 atom stereocenters. The number of carbonyl (C=O) groups excluding carboxylic acids is 1. The molecule has 0 fully saturated rings. The Labute approximate surface area is 158 Å². The Kier molecular flexibility index (Phi) is 5.27. The number of aromatic nitrogens is 1. The van der Waals surface area contributed by atoms with E-state index in [1.165, 1.54) is 6.07 Å². The molecule has 0 saturated heterocycles. The van der Waals surface area contributed by atoms with Crippen molar-refractivity contribution in [3.05, 3.63) is 46.1 Å². The number of rotatable bonds is 5. The Hall–Kier alpha value is -2.41. The van der Waals surface area contributed by atoms with Crippen molar-refractivity contribution < 1.29 is 17.9 Å². The molecule has 26 heavy (non-hydrogen) atoms. The molecule has 0 bridgehead atoms. The summed E-state index contributed by atoms with van der Waals surface area (Å²) in [7, 11) is -3.82.